The van der Waals surface area contributed by atoms with Crippen LogP contribution in [0.2, 0.25) is 0 Å². The molecule has 2 aromatic heterocycles. The highest BCUT2D eigenvalue weighted by molar-refractivity contribution is 7.26. The minimum absolute atomic E-state index is 1.26. The van der Waals surface area contributed by atoms with Gasteiger partial charge in [-0.2, -0.15) is 0 Å². The molecule has 0 unspecified atom stereocenters. The van der Waals surface area contributed by atoms with Crippen molar-refractivity contribution in [1.29, 1.82) is 0 Å². The first-order valence-corrected chi connectivity index (χ1v) is 17.3. The third-order valence-corrected chi connectivity index (χ3v) is 11.8. The molecule has 46 heavy (non-hydrogen) atoms. The molecule has 0 aliphatic heterocycles. The number of hydrogen-bond acceptors (Lipinski definition) is 2. The molecule has 0 bridgehead atoms. The first kappa shape index (κ1) is 26.0. The van der Waals surface area contributed by atoms with E-state index in [1.165, 1.54) is 95.3 Å². The third-order valence-electron chi connectivity index (χ3n) is 9.47. The fourth-order valence-electron chi connectivity index (χ4n) is 7.49. The maximum absolute atomic E-state index is 2.45. The molecule has 0 aliphatic carbocycles. The van der Waals surface area contributed by atoms with Crippen LogP contribution in [0.15, 0.2) is 158 Å². The van der Waals surface area contributed by atoms with Crippen molar-refractivity contribution in [2.45, 2.75) is 0 Å². The molecule has 0 radical (unpaired) electrons. The van der Waals surface area contributed by atoms with E-state index in [2.05, 4.69) is 158 Å². The van der Waals surface area contributed by atoms with Gasteiger partial charge in [0.25, 0.3) is 0 Å². The Labute approximate surface area is 274 Å². The molecule has 0 amide bonds. The van der Waals surface area contributed by atoms with Gasteiger partial charge in [0.1, 0.15) is 0 Å². The molecule has 0 aliphatic rings. The van der Waals surface area contributed by atoms with Crippen molar-refractivity contribution in [2.24, 2.45) is 0 Å². The van der Waals surface area contributed by atoms with E-state index in [1.54, 1.807) is 0 Å². The van der Waals surface area contributed by atoms with Gasteiger partial charge in [-0.3, -0.25) is 0 Å². The van der Waals surface area contributed by atoms with E-state index in [0.717, 1.165) is 0 Å². The maximum Gasteiger partial charge on any atom is 0.0446 e. The fraction of sp³-hybridized carbons (Fsp3) is 0. The summed E-state index contributed by atoms with van der Waals surface area (Å²) in [5, 5.41) is 11.7. The largest absolute Gasteiger partial charge is 0.135 e. The molecule has 10 rings (SSSR count). The summed E-state index contributed by atoms with van der Waals surface area (Å²) < 4.78 is 4.02. The van der Waals surface area contributed by atoms with Gasteiger partial charge in [-0.25, -0.2) is 0 Å². The standard InChI is InChI=1S/C44H26S2/c1-2-14-28(15-3-1)41-37-26-39-36(30-18-10-11-24-38(30)45-39)25-40(37)46-44(41)43-34-21-8-6-19-32(34)42(33-20-7-9-22-35(33)43)31-23-12-16-27-13-4-5-17-29(27)31/h1-26H. The maximum atomic E-state index is 2.45. The average molecular weight is 619 g/mol. The van der Waals surface area contributed by atoms with Crippen molar-refractivity contribution in [3.05, 3.63) is 158 Å². The van der Waals surface area contributed by atoms with Crippen molar-refractivity contribution in [2.75, 3.05) is 0 Å². The lowest BCUT2D eigenvalue weighted by Crippen LogP contribution is -1.91. The lowest BCUT2D eigenvalue weighted by atomic mass is 9.85. The topological polar surface area (TPSA) is 0 Å². The summed E-state index contributed by atoms with van der Waals surface area (Å²) in [4.78, 5) is 1.33. The Hall–Kier alpha value is -5.28. The molecular formula is C44H26S2. The molecule has 0 N–H and O–H groups in total. The number of thiophene rings is 2. The van der Waals surface area contributed by atoms with E-state index in [9.17, 15) is 0 Å². The van der Waals surface area contributed by atoms with Gasteiger partial charge in [-0.05, 0) is 67.2 Å². The zero-order valence-electron chi connectivity index (χ0n) is 24.8. The van der Waals surface area contributed by atoms with Crippen LogP contribution in [0.25, 0.3) is 95.3 Å². The summed E-state index contributed by atoms with van der Waals surface area (Å²) in [5.74, 6) is 0. The second-order valence-electron chi connectivity index (χ2n) is 12.0. The lowest BCUT2D eigenvalue weighted by molar-refractivity contribution is 1.68. The summed E-state index contributed by atoms with van der Waals surface area (Å²) in [6.07, 6.45) is 0. The highest BCUT2D eigenvalue weighted by Gasteiger charge is 2.23. The number of rotatable bonds is 3. The van der Waals surface area contributed by atoms with Crippen molar-refractivity contribution in [3.8, 4) is 32.7 Å². The van der Waals surface area contributed by atoms with E-state index < -0.39 is 0 Å². The van der Waals surface area contributed by atoms with Gasteiger partial charge < -0.3 is 0 Å². The van der Waals surface area contributed by atoms with Crippen LogP contribution in [0.3, 0.4) is 0 Å². The van der Waals surface area contributed by atoms with Gasteiger partial charge in [0.05, 0.1) is 0 Å². The van der Waals surface area contributed by atoms with E-state index >= 15 is 0 Å². The molecule has 214 valence electrons. The first-order valence-electron chi connectivity index (χ1n) is 15.7. The molecule has 2 heteroatoms. The third kappa shape index (κ3) is 3.78. The van der Waals surface area contributed by atoms with Crippen LogP contribution in [0.1, 0.15) is 0 Å². The summed E-state index contributed by atoms with van der Waals surface area (Å²) in [5.41, 5.74) is 6.50. The zero-order valence-corrected chi connectivity index (χ0v) is 26.5. The predicted octanol–water partition coefficient (Wildman–Crippen LogP) is 13.7. The van der Waals surface area contributed by atoms with E-state index in [1.807, 2.05) is 22.7 Å². The SMILES string of the molecule is c1ccc(-c2c(-c3c4ccccc4c(-c4cccc5ccccc45)c4ccccc34)sc3cc4c(cc23)sc2ccccc24)cc1. The molecule has 0 fully saturated rings. The Kier molecular flexibility index (Phi) is 5.72. The molecular weight excluding hydrogens is 593 g/mol. The van der Waals surface area contributed by atoms with Gasteiger partial charge in [0, 0.05) is 46.3 Å². The summed E-state index contributed by atoms with van der Waals surface area (Å²) in [7, 11) is 0. The summed E-state index contributed by atoms with van der Waals surface area (Å²) >= 11 is 3.83. The molecule has 2 heterocycles. The predicted molar refractivity (Wildman–Crippen MR) is 204 cm³/mol. The lowest BCUT2D eigenvalue weighted by Gasteiger charge is -2.19. The highest BCUT2D eigenvalue weighted by atomic mass is 32.1. The van der Waals surface area contributed by atoms with Gasteiger partial charge >= 0.3 is 0 Å². The monoisotopic (exact) mass is 618 g/mol. The highest BCUT2D eigenvalue weighted by Crippen LogP contribution is 2.53. The Balaban J connectivity index is 1.37. The minimum atomic E-state index is 1.26. The van der Waals surface area contributed by atoms with E-state index in [0.29, 0.717) is 0 Å². The summed E-state index contributed by atoms with van der Waals surface area (Å²) in [6, 6.07) is 58.3. The van der Waals surface area contributed by atoms with Crippen LogP contribution in [-0.2, 0) is 0 Å². The van der Waals surface area contributed by atoms with Crippen LogP contribution >= 0.6 is 22.7 Å². The molecule has 0 saturated carbocycles. The molecule has 10 aromatic rings. The molecule has 0 saturated heterocycles. The van der Waals surface area contributed by atoms with Crippen LogP contribution < -0.4 is 0 Å². The van der Waals surface area contributed by atoms with Gasteiger partial charge in [-0.1, -0.05) is 140 Å². The Bertz CT molecular complexity index is 2740. The molecule has 0 spiro atoms. The van der Waals surface area contributed by atoms with E-state index in [-0.39, 0.29) is 0 Å². The van der Waals surface area contributed by atoms with Crippen LogP contribution in [0.5, 0.6) is 0 Å². The molecule has 8 aromatic carbocycles. The quantitative estimate of drug-likeness (QED) is 0.173. The zero-order chi connectivity index (χ0) is 30.2. The first-order chi connectivity index (χ1) is 22.8. The van der Waals surface area contributed by atoms with Crippen molar-refractivity contribution in [1.82, 2.24) is 0 Å². The van der Waals surface area contributed by atoms with Gasteiger partial charge in [-0.15, -0.1) is 22.7 Å². The minimum Gasteiger partial charge on any atom is -0.135 e. The van der Waals surface area contributed by atoms with Crippen LogP contribution in [0.4, 0.5) is 0 Å². The Morgan fingerprint density at radius 3 is 1.59 bits per heavy atom. The smallest absolute Gasteiger partial charge is 0.0446 e. The fourth-order valence-corrected chi connectivity index (χ4v) is 9.94. The second kappa shape index (κ2) is 10.1. The number of benzene rings is 8. The van der Waals surface area contributed by atoms with Crippen molar-refractivity contribution < 1.29 is 0 Å². The number of hydrogen-bond donors (Lipinski definition) is 0. The molecule has 0 atom stereocenters. The average Bonchev–Trinajstić information content (AvgIpc) is 3.67. The van der Waals surface area contributed by atoms with Crippen LogP contribution in [-0.4, -0.2) is 0 Å². The van der Waals surface area contributed by atoms with Gasteiger partial charge in [0.15, 0.2) is 0 Å². The van der Waals surface area contributed by atoms with Crippen LogP contribution in [0, 0.1) is 0 Å². The summed E-state index contributed by atoms with van der Waals surface area (Å²) in [6.45, 7) is 0. The van der Waals surface area contributed by atoms with Crippen molar-refractivity contribution in [3.63, 3.8) is 0 Å². The van der Waals surface area contributed by atoms with E-state index in [4.69, 9.17) is 0 Å². The molecule has 0 nitrogen and oxygen atoms in total. The van der Waals surface area contributed by atoms with Crippen molar-refractivity contribution >= 4 is 85.2 Å². The number of fused-ring (bicyclic) bond motifs is 7. The Morgan fingerprint density at radius 2 is 0.848 bits per heavy atom. The Morgan fingerprint density at radius 1 is 0.304 bits per heavy atom. The second-order valence-corrected chi connectivity index (χ2v) is 14.1. The van der Waals surface area contributed by atoms with Gasteiger partial charge in [0.2, 0.25) is 0 Å². The normalized spacial score (nSPS) is 11.9.